The molecule has 0 spiro atoms. The van der Waals surface area contributed by atoms with Crippen molar-refractivity contribution in [1.29, 1.82) is 0 Å². The largest absolute Gasteiger partial charge is 0.330 e. The van der Waals surface area contributed by atoms with Crippen molar-refractivity contribution in [3.63, 3.8) is 0 Å². The lowest BCUT2D eigenvalue weighted by molar-refractivity contribution is -0.109. The molecular weight excluding hydrogens is 132 g/mol. The highest BCUT2D eigenvalue weighted by atomic mass is 16.3. The predicted octanol–water partition coefficient (Wildman–Crippen LogP) is 0.449. The average molecular weight is 144 g/mol. The molecule has 10 heavy (non-hydrogen) atoms. The molecule has 0 fully saturated rings. The van der Waals surface area contributed by atoms with Gasteiger partial charge in [0.1, 0.15) is 12.3 Å². The van der Waals surface area contributed by atoms with Gasteiger partial charge in [0, 0.05) is 0 Å². The summed E-state index contributed by atoms with van der Waals surface area (Å²) < 4.78 is 0. The number of nitrogens with two attached hydrogens (primary N) is 1. The Balaban J connectivity index is 3.25. The smallest absolute Gasteiger partial charge is 0.148 e. The highest BCUT2D eigenvalue weighted by molar-refractivity contribution is 5.57. The van der Waals surface area contributed by atoms with Gasteiger partial charge >= 0.3 is 0 Å². The third-order valence-corrected chi connectivity index (χ3v) is 1.25. The number of carbonyl (C=O) groups excluding carboxylic acids is 1. The first-order chi connectivity index (χ1) is 4.85. The molecule has 0 bridgehead atoms. The molecule has 0 saturated heterocycles. The Morgan fingerprint density at radius 2 is 2.20 bits per heavy atom. The van der Waals surface area contributed by atoms with Crippen LogP contribution in [-0.4, -0.2) is 18.9 Å². The Morgan fingerprint density at radius 1 is 1.50 bits per heavy atom. The first kappa shape index (κ1) is 9.23. The summed E-state index contributed by atoms with van der Waals surface area (Å²) in [5, 5.41) is 2.62. The monoisotopic (exact) mass is 144 g/mol. The molecule has 4 nitrogen and oxygen atoms in total. The van der Waals surface area contributed by atoms with Crippen LogP contribution in [0.3, 0.4) is 0 Å². The van der Waals surface area contributed by atoms with Gasteiger partial charge in [0.15, 0.2) is 0 Å². The van der Waals surface area contributed by atoms with Crippen molar-refractivity contribution in [3.8, 4) is 0 Å². The molecule has 1 unspecified atom stereocenters. The normalized spacial score (nSPS) is 12.5. The quantitative estimate of drug-likeness (QED) is 0.334. The minimum absolute atomic E-state index is 0.532. The minimum Gasteiger partial charge on any atom is -0.330 e. The van der Waals surface area contributed by atoms with Crippen molar-refractivity contribution in [2.24, 2.45) is 10.9 Å². The summed E-state index contributed by atoms with van der Waals surface area (Å²) in [6.45, 7) is 0.602. The maximum Gasteiger partial charge on any atom is 0.148 e. The van der Waals surface area contributed by atoms with E-state index in [9.17, 15) is 9.70 Å². The Morgan fingerprint density at radius 3 is 2.60 bits per heavy atom. The van der Waals surface area contributed by atoms with Gasteiger partial charge < -0.3 is 10.5 Å². The molecule has 0 aromatic heterocycles. The van der Waals surface area contributed by atoms with Gasteiger partial charge in [-0.2, -0.15) is 4.91 Å². The minimum atomic E-state index is -0.661. The molecule has 0 aromatic carbocycles. The maximum atomic E-state index is 10.0. The second kappa shape index (κ2) is 6.35. The van der Waals surface area contributed by atoms with Crippen LogP contribution in [0, 0.1) is 4.91 Å². The van der Waals surface area contributed by atoms with Gasteiger partial charge in [0.05, 0.1) is 0 Å². The molecule has 4 heteroatoms. The summed E-state index contributed by atoms with van der Waals surface area (Å²) in [5.41, 5.74) is 5.20. The summed E-state index contributed by atoms with van der Waals surface area (Å²) in [6, 6.07) is -0.661. The van der Waals surface area contributed by atoms with Crippen molar-refractivity contribution >= 4 is 6.29 Å². The van der Waals surface area contributed by atoms with E-state index >= 15 is 0 Å². The summed E-state index contributed by atoms with van der Waals surface area (Å²) in [6.07, 6.45) is 2.75. The molecule has 0 aromatic rings. The van der Waals surface area contributed by atoms with Crippen LogP contribution in [0.25, 0.3) is 0 Å². The number of unbranched alkanes of at least 4 members (excludes halogenated alkanes) is 1. The molecule has 0 amide bonds. The van der Waals surface area contributed by atoms with Crippen LogP contribution < -0.4 is 5.73 Å². The molecule has 58 valence electrons. The highest BCUT2D eigenvalue weighted by Gasteiger charge is 2.04. The highest BCUT2D eigenvalue weighted by Crippen LogP contribution is 2.00. The lowest BCUT2D eigenvalue weighted by Gasteiger charge is -1.97. The number of rotatable bonds is 6. The zero-order valence-corrected chi connectivity index (χ0v) is 5.82. The van der Waals surface area contributed by atoms with Crippen LogP contribution in [0.5, 0.6) is 0 Å². The standard InChI is InChI=1S/C6H12N2O2/c7-4-2-1-3-6(5-9)8-10/h5-6H,1-4,7H2. The number of aldehydes is 1. The lowest BCUT2D eigenvalue weighted by atomic mass is 10.1. The first-order valence-corrected chi connectivity index (χ1v) is 3.33. The van der Waals surface area contributed by atoms with E-state index in [1.807, 2.05) is 0 Å². The molecule has 0 aliphatic carbocycles. The van der Waals surface area contributed by atoms with E-state index in [2.05, 4.69) is 5.18 Å². The van der Waals surface area contributed by atoms with Crippen LogP contribution in [0.2, 0.25) is 0 Å². The summed E-state index contributed by atoms with van der Waals surface area (Å²) in [4.78, 5) is 19.8. The fraction of sp³-hybridized carbons (Fsp3) is 0.833. The summed E-state index contributed by atoms with van der Waals surface area (Å²) in [5.74, 6) is 0. The average Bonchev–Trinajstić information content (AvgIpc) is 1.99. The number of hydrogen-bond acceptors (Lipinski definition) is 4. The van der Waals surface area contributed by atoms with Gasteiger partial charge in [-0.15, -0.1) is 0 Å². The molecule has 0 saturated carbocycles. The molecule has 0 rings (SSSR count). The molecule has 2 N–H and O–H groups in total. The van der Waals surface area contributed by atoms with Crippen molar-refractivity contribution < 1.29 is 4.79 Å². The van der Waals surface area contributed by atoms with E-state index in [1.54, 1.807) is 0 Å². The third kappa shape index (κ3) is 4.14. The maximum absolute atomic E-state index is 10.0. The van der Waals surface area contributed by atoms with Crippen molar-refractivity contribution in [2.75, 3.05) is 6.54 Å². The van der Waals surface area contributed by atoms with Crippen molar-refractivity contribution in [1.82, 2.24) is 0 Å². The van der Waals surface area contributed by atoms with Crippen LogP contribution >= 0.6 is 0 Å². The third-order valence-electron chi connectivity index (χ3n) is 1.25. The van der Waals surface area contributed by atoms with Gasteiger partial charge in [-0.05, 0) is 25.8 Å². The molecular formula is C6H12N2O2. The molecule has 0 aliphatic heterocycles. The van der Waals surface area contributed by atoms with Crippen LogP contribution in [-0.2, 0) is 4.79 Å². The van der Waals surface area contributed by atoms with E-state index in [-0.39, 0.29) is 0 Å². The zero-order chi connectivity index (χ0) is 7.82. The fourth-order valence-corrected chi connectivity index (χ4v) is 0.643. The second-order valence-corrected chi connectivity index (χ2v) is 2.09. The Kier molecular flexibility index (Phi) is 5.86. The first-order valence-electron chi connectivity index (χ1n) is 3.33. The summed E-state index contributed by atoms with van der Waals surface area (Å²) >= 11 is 0. The van der Waals surface area contributed by atoms with Gasteiger partial charge in [0.25, 0.3) is 0 Å². The van der Waals surface area contributed by atoms with E-state index in [0.717, 1.165) is 12.8 Å². The Hall–Kier alpha value is -0.770. The van der Waals surface area contributed by atoms with Crippen LogP contribution in [0.1, 0.15) is 19.3 Å². The van der Waals surface area contributed by atoms with Crippen molar-refractivity contribution in [3.05, 3.63) is 4.91 Å². The van der Waals surface area contributed by atoms with Crippen molar-refractivity contribution in [2.45, 2.75) is 25.3 Å². The van der Waals surface area contributed by atoms with E-state index in [4.69, 9.17) is 5.73 Å². The molecule has 0 aliphatic rings. The fourth-order valence-electron chi connectivity index (χ4n) is 0.643. The van der Waals surface area contributed by atoms with E-state index in [1.165, 1.54) is 0 Å². The van der Waals surface area contributed by atoms with Gasteiger partial charge in [-0.1, -0.05) is 5.18 Å². The van der Waals surface area contributed by atoms with E-state index < -0.39 is 6.04 Å². The SMILES string of the molecule is NCCCCC(C=O)N=O. The van der Waals surface area contributed by atoms with Gasteiger partial charge in [-0.3, -0.25) is 0 Å². The van der Waals surface area contributed by atoms with E-state index in [0.29, 0.717) is 19.3 Å². The summed E-state index contributed by atoms with van der Waals surface area (Å²) in [7, 11) is 0. The predicted molar refractivity (Wildman–Crippen MR) is 38.6 cm³/mol. The van der Waals surface area contributed by atoms with Gasteiger partial charge in [0.2, 0.25) is 0 Å². The second-order valence-electron chi connectivity index (χ2n) is 2.09. The number of nitroso groups, excluding NO2 is 1. The topological polar surface area (TPSA) is 72.5 Å². The molecule has 0 heterocycles. The molecule has 0 radical (unpaired) electrons. The lowest BCUT2D eigenvalue weighted by Crippen LogP contribution is -2.06. The number of hydrogen-bond donors (Lipinski definition) is 1. The Labute approximate surface area is 59.8 Å². The zero-order valence-electron chi connectivity index (χ0n) is 5.82. The molecule has 1 atom stereocenters. The Bertz CT molecular complexity index is 97.9. The number of carbonyl (C=O) groups is 1. The van der Waals surface area contributed by atoms with Gasteiger partial charge in [-0.25, -0.2) is 0 Å². The van der Waals surface area contributed by atoms with Crippen LogP contribution in [0.15, 0.2) is 5.18 Å². The van der Waals surface area contributed by atoms with Crippen LogP contribution in [0.4, 0.5) is 0 Å². The number of nitrogens with zero attached hydrogens (tertiary/aromatic N) is 1.